The normalized spacial score (nSPS) is 25.7. The van der Waals surface area contributed by atoms with Crippen LogP contribution in [-0.2, 0) is 0 Å². The van der Waals surface area contributed by atoms with Gasteiger partial charge in [-0.25, -0.2) is 0 Å². The van der Waals surface area contributed by atoms with Gasteiger partial charge in [0, 0.05) is 17.5 Å². The molecule has 5 nitrogen and oxygen atoms in total. The number of carbonyl (C=O) groups is 1. The Hall–Kier alpha value is -2.18. The van der Waals surface area contributed by atoms with Gasteiger partial charge in [-0.1, -0.05) is 12.5 Å². The summed E-state index contributed by atoms with van der Waals surface area (Å²) < 4.78 is 2.09. The summed E-state index contributed by atoms with van der Waals surface area (Å²) in [7, 11) is 2.26. The summed E-state index contributed by atoms with van der Waals surface area (Å²) >= 11 is 1.67. The number of nitrogens with zero attached hydrogens (tertiary/aromatic N) is 3. The third-order valence-corrected chi connectivity index (χ3v) is 7.14. The van der Waals surface area contributed by atoms with Crippen LogP contribution in [0.15, 0.2) is 35.0 Å². The second-order valence-corrected chi connectivity index (χ2v) is 8.71. The van der Waals surface area contributed by atoms with Crippen molar-refractivity contribution in [3.05, 3.63) is 40.7 Å². The van der Waals surface area contributed by atoms with Gasteiger partial charge in [-0.15, -0.1) is 0 Å². The van der Waals surface area contributed by atoms with E-state index in [9.17, 15) is 4.79 Å². The Kier molecular flexibility index (Phi) is 4.06. The Morgan fingerprint density at radius 3 is 2.59 bits per heavy atom. The van der Waals surface area contributed by atoms with Crippen LogP contribution in [0, 0.1) is 0 Å². The summed E-state index contributed by atoms with van der Waals surface area (Å²) in [5.74, 6) is -0.450. The van der Waals surface area contributed by atoms with E-state index in [0.717, 1.165) is 29.3 Å². The van der Waals surface area contributed by atoms with Crippen LogP contribution in [0.1, 0.15) is 48.6 Å². The van der Waals surface area contributed by atoms with Crippen molar-refractivity contribution in [2.45, 2.75) is 50.2 Å². The van der Waals surface area contributed by atoms with E-state index < -0.39 is 5.91 Å². The van der Waals surface area contributed by atoms with E-state index >= 15 is 0 Å². The molecule has 2 saturated heterocycles. The molecular weight excluding hydrogens is 356 g/mol. The summed E-state index contributed by atoms with van der Waals surface area (Å²) in [5, 5.41) is 9.77. The molecule has 2 N–H and O–H groups in total. The molecule has 6 heteroatoms. The summed E-state index contributed by atoms with van der Waals surface area (Å²) in [6.07, 6.45) is 6.02. The minimum atomic E-state index is -0.450. The largest absolute Gasteiger partial charge is 0.364 e. The molecule has 5 rings (SSSR count). The molecule has 0 aliphatic carbocycles. The second-order valence-electron chi connectivity index (χ2n) is 7.93. The standard InChI is InChI=1S/C21H24N4OS/c1-24-15-3-2-4-16(24)11-17(10-15)25-19-6-5-13(14-7-8-27-12-14)9-18(19)20(23-25)21(22)26/h5-9,12,15-17H,2-4,10-11H2,1H3,(H2,22,26). The lowest BCUT2D eigenvalue weighted by molar-refractivity contribution is 0.0379. The number of thiophene rings is 1. The molecule has 2 bridgehead atoms. The van der Waals surface area contributed by atoms with Crippen molar-refractivity contribution < 1.29 is 4.79 Å². The fourth-order valence-electron chi connectivity index (χ4n) is 5.00. The molecule has 3 aromatic rings. The molecule has 2 aliphatic rings. The SMILES string of the molecule is CN1C2CCCC1CC(n1nc(C(N)=O)c3cc(-c4ccsc4)ccc31)C2. The van der Waals surface area contributed by atoms with E-state index in [4.69, 9.17) is 10.8 Å². The van der Waals surface area contributed by atoms with Gasteiger partial charge in [0.2, 0.25) is 0 Å². The third kappa shape index (κ3) is 2.78. The Morgan fingerprint density at radius 2 is 1.93 bits per heavy atom. The molecule has 1 aromatic carbocycles. The van der Waals surface area contributed by atoms with Crippen molar-refractivity contribution in [1.82, 2.24) is 14.7 Å². The number of aromatic nitrogens is 2. The number of carbonyl (C=O) groups excluding carboxylic acids is 1. The summed E-state index contributed by atoms with van der Waals surface area (Å²) in [4.78, 5) is 14.6. The van der Waals surface area contributed by atoms with Crippen LogP contribution in [0.4, 0.5) is 0 Å². The molecule has 27 heavy (non-hydrogen) atoms. The number of fused-ring (bicyclic) bond motifs is 3. The van der Waals surface area contributed by atoms with Crippen LogP contribution in [0.3, 0.4) is 0 Å². The van der Waals surface area contributed by atoms with Crippen LogP contribution in [0.5, 0.6) is 0 Å². The number of primary amides is 1. The smallest absolute Gasteiger partial charge is 0.269 e. The number of hydrogen-bond acceptors (Lipinski definition) is 4. The highest BCUT2D eigenvalue weighted by atomic mass is 32.1. The van der Waals surface area contributed by atoms with Crippen molar-refractivity contribution in [2.75, 3.05) is 7.05 Å². The molecule has 0 radical (unpaired) electrons. The van der Waals surface area contributed by atoms with Crippen molar-refractivity contribution in [2.24, 2.45) is 5.73 Å². The van der Waals surface area contributed by atoms with Gasteiger partial charge in [-0.2, -0.15) is 16.4 Å². The zero-order chi connectivity index (χ0) is 18.5. The Bertz CT molecular complexity index is 979. The van der Waals surface area contributed by atoms with Crippen molar-refractivity contribution >= 4 is 28.1 Å². The molecule has 0 spiro atoms. The molecule has 0 saturated carbocycles. The highest BCUT2D eigenvalue weighted by Gasteiger charge is 2.37. The topological polar surface area (TPSA) is 64.2 Å². The predicted molar refractivity (Wildman–Crippen MR) is 109 cm³/mol. The molecule has 2 fully saturated rings. The fourth-order valence-corrected chi connectivity index (χ4v) is 5.66. The van der Waals surface area contributed by atoms with Crippen LogP contribution in [0.25, 0.3) is 22.0 Å². The number of piperidine rings is 2. The lowest BCUT2D eigenvalue weighted by atomic mass is 9.82. The summed E-state index contributed by atoms with van der Waals surface area (Å²) in [6, 6.07) is 9.96. The first-order valence-electron chi connectivity index (χ1n) is 9.68. The van der Waals surface area contributed by atoms with Crippen LogP contribution in [0.2, 0.25) is 0 Å². The Labute approximate surface area is 162 Å². The molecular formula is C21H24N4OS. The summed E-state index contributed by atoms with van der Waals surface area (Å²) in [5.41, 5.74) is 9.37. The van der Waals surface area contributed by atoms with Crippen LogP contribution >= 0.6 is 11.3 Å². The maximum atomic E-state index is 12.1. The molecule has 2 atom stereocenters. The Balaban J connectivity index is 1.60. The van der Waals surface area contributed by atoms with Gasteiger partial charge in [0.25, 0.3) is 5.91 Å². The van der Waals surface area contributed by atoms with Crippen molar-refractivity contribution in [3.63, 3.8) is 0 Å². The average Bonchev–Trinajstić information content (AvgIpc) is 3.29. The number of hydrogen-bond donors (Lipinski definition) is 1. The molecule has 140 valence electrons. The first kappa shape index (κ1) is 17.0. The van der Waals surface area contributed by atoms with Gasteiger partial charge >= 0.3 is 0 Å². The van der Waals surface area contributed by atoms with Crippen LogP contribution < -0.4 is 5.73 Å². The van der Waals surface area contributed by atoms with E-state index in [2.05, 4.69) is 51.7 Å². The van der Waals surface area contributed by atoms with Gasteiger partial charge in [0.15, 0.2) is 5.69 Å². The highest BCUT2D eigenvalue weighted by molar-refractivity contribution is 7.08. The van der Waals surface area contributed by atoms with Crippen molar-refractivity contribution in [3.8, 4) is 11.1 Å². The van der Waals surface area contributed by atoms with E-state index in [1.165, 1.54) is 24.8 Å². The van der Waals surface area contributed by atoms with E-state index in [0.29, 0.717) is 23.8 Å². The lowest BCUT2D eigenvalue weighted by Crippen LogP contribution is -2.50. The first-order valence-corrected chi connectivity index (χ1v) is 10.6. The average molecular weight is 381 g/mol. The molecule has 1 amide bonds. The second kappa shape index (κ2) is 6.46. The number of rotatable bonds is 3. The van der Waals surface area contributed by atoms with Gasteiger partial charge in [0.05, 0.1) is 11.6 Å². The molecule has 4 heterocycles. The van der Waals surface area contributed by atoms with Crippen molar-refractivity contribution in [1.29, 1.82) is 0 Å². The zero-order valence-corrected chi connectivity index (χ0v) is 16.3. The van der Waals surface area contributed by atoms with Gasteiger partial charge in [-0.05, 0) is 72.8 Å². The van der Waals surface area contributed by atoms with E-state index in [1.807, 2.05) is 0 Å². The maximum Gasteiger partial charge on any atom is 0.269 e. The van der Waals surface area contributed by atoms with Crippen LogP contribution in [-0.4, -0.2) is 39.7 Å². The quantitative estimate of drug-likeness (QED) is 0.745. The first-order chi connectivity index (χ1) is 13.1. The third-order valence-electron chi connectivity index (χ3n) is 6.45. The van der Waals surface area contributed by atoms with E-state index in [-0.39, 0.29) is 0 Å². The lowest BCUT2D eigenvalue weighted by Gasteiger charge is -2.47. The number of nitrogens with two attached hydrogens (primary N) is 1. The molecule has 2 aliphatic heterocycles. The number of amides is 1. The van der Waals surface area contributed by atoms with Gasteiger partial charge < -0.3 is 10.6 Å². The predicted octanol–water partition coefficient (Wildman–Crippen LogP) is 4.05. The highest BCUT2D eigenvalue weighted by Crippen LogP contribution is 2.40. The molecule has 2 unspecified atom stereocenters. The fraction of sp³-hybridized carbons (Fsp3) is 0.429. The minimum Gasteiger partial charge on any atom is -0.364 e. The minimum absolute atomic E-state index is 0.332. The van der Waals surface area contributed by atoms with E-state index in [1.54, 1.807) is 11.3 Å². The van der Waals surface area contributed by atoms with Gasteiger partial charge in [-0.3, -0.25) is 9.48 Å². The summed E-state index contributed by atoms with van der Waals surface area (Å²) in [6.45, 7) is 0. The zero-order valence-electron chi connectivity index (χ0n) is 15.5. The monoisotopic (exact) mass is 380 g/mol. The maximum absolute atomic E-state index is 12.1. The van der Waals surface area contributed by atoms with Gasteiger partial charge in [0.1, 0.15) is 0 Å². The number of benzene rings is 1. The molecule has 2 aromatic heterocycles. The Morgan fingerprint density at radius 1 is 1.15 bits per heavy atom.